The van der Waals surface area contributed by atoms with E-state index in [1.54, 1.807) is 0 Å². The topological polar surface area (TPSA) is 34.1 Å². The monoisotopic (exact) mass is 258 g/mol. The van der Waals surface area contributed by atoms with E-state index in [4.69, 9.17) is 0 Å². The Hall–Kier alpha value is -1.18. The van der Waals surface area contributed by atoms with Crippen LogP contribution in [0.25, 0.3) is 0 Å². The molecule has 0 aromatic carbocycles. The quantitative estimate of drug-likeness (QED) is 0.556. The van der Waals surface area contributed by atoms with Crippen LogP contribution in [0.4, 0.5) is 0 Å². The molecule has 2 nitrogen and oxygen atoms in total. The highest BCUT2D eigenvalue weighted by molar-refractivity contribution is 6.28. The molecule has 3 aliphatic carbocycles. The first-order chi connectivity index (χ1) is 9.14. The van der Waals surface area contributed by atoms with Crippen LogP contribution < -0.4 is 0 Å². The Morgan fingerprint density at radius 3 is 1.63 bits per heavy atom. The predicted molar refractivity (Wildman–Crippen MR) is 74.8 cm³/mol. The van der Waals surface area contributed by atoms with Crippen LogP contribution >= 0.6 is 0 Å². The summed E-state index contributed by atoms with van der Waals surface area (Å²) in [7, 11) is 0. The van der Waals surface area contributed by atoms with Gasteiger partial charge in [0.15, 0.2) is 11.6 Å². The van der Waals surface area contributed by atoms with Gasteiger partial charge in [-0.3, -0.25) is 9.59 Å². The smallest absolute Gasteiger partial charge is 0.173 e. The first kappa shape index (κ1) is 12.8. The summed E-state index contributed by atoms with van der Waals surface area (Å²) in [6.45, 7) is 3.95. The lowest BCUT2D eigenvalue weighted by atomic mass is 9.76. The van der Waals surface area contributed by atoms with E-state index < -0.39 is 5.41 Å². The molecule has 102 valence electrons. The summed E-state index contributed by atoms with van der Waals surface area (Å²) in [5, 5.41) is 0. The molecule has 0 spiro atoms. The lowest BCUT2D eigenvalue weighted by Crippen LogP contribution is -2.33. The number of carbonyl (C=O) groups excluding carboxylic acids is 2. The number of carbonyl (C=O) groups is 2. The Morgan fingerprint density at radius 1 is 0.842 bits per heavy atom. The van der Waals surface area contributed by atoms with Gasteiger partial charge in [0.05, 0.1) is 5.41 Å². The third-order valence-electron chi connectivity index (χ3n) is 5.48. The fraction of sp³-hybridized carbons (Fsp3) is 0.647. The number of rotatable bonds is 2. The summed E-state index contributed by atoms with van der Waals surface area (Å²) < 4.78 is 0. The van der Waals surface area contributed by atoms with Gasteiger partial charge < -0.3 is 0 Å². The van der Waals surface area contributed by atoms with Crippen LogP contribution in [-0.4, -0.2) is 11.6 Å². The Labute approximate surface area is 115 Å². The van der Waals surface area contributed by atoms with Gasteiger partial charge in [0.1, 0.15) is 0 Å². The van der Waals surface area contributed by atoms with Crippen LogP contribution in [0.2, 0.25) is 0 Å². The highest BCUT2D eigenvalue weighted by atomic mass is 16.2. The third kappa shape index (κ3) is 1.62. The number of allylic oxidation sites excluding steroid dienone is 4. The van der Waals surface area contributed by atoms with Crippen molar-refractivity contribution in [3.05, 3.63) is 22.3 Å². The molecule has 2 heteroatoms. The molecular formula is C17H22O2. The Bertz CT molecular complexity index is 473. The number of hydrogen-bond donors (Lipinski definition) is 0. The van der Waals surface area contributed by atoms with Crippen LogP contribution in [0.5, 0.6) is 0 Å². The number of hydrogen-bond acceptors (Lipinski definition) is 2. The minimum absolute atomic E-state index is 0.148. The Balaban J connectivity index is 1.98. The molecule has 19 heavy (non-hydrogen) atoms. The van der Waals surface area contributed by atoms with Gasteiger partial charge in [0, 0.05) is 11.1 Å². The van der Waals surface area contributed by atoms with Gasteiger partial charge in [-0.1, -0.05) is 25.0 Å². The van der Waals surface area contributed by atoms with E-state index in [2.05, 4.69) is 0 Å². The second-order valence-corrected chi connectivity index (χ2v) is 6.17. The highest BCUT2D eigenvalue weighted by Crippen LogP contribution is 2.49. The van der Waals surface area contributed by atoms with Crippen molar-refractivity contribution in [3.8, 4) is 0 Å². The first-order valence-electron chi connectivity index (χ1n) is 7.65. The maximum Gasteiger partial charge on any atom is 0.173 e. The van der Waals surface area contributed by atoms with Crippen LogP contribution in [0.1, 0.15) is 65.2 Å². The average molecular weight is 258 g/mol. The van der Waals surface area contributed by atoms with Crippen molar-refractivity contribution in [1.82, 2.24) is 0 Å². The summed E-state index contributed by atoms with van der Waals surface area (Å²) in [4.78, 5) is 25.4. The summed E-state index contributed by atoms with van der Waals surface area (Å²) in [6.07, 6.45) is 7.62. The van der Waals surface area contributed by atoms with Gasteiger partial charge in [-0.05, 0) is 51.4 Å². The molecule has 0 aliphatic heterocycles. The molecule has 0 saturated carbocycles. The van der Waals surface area contributed by atoms with Gasteiger partial charge in [0.25, 0.3) is 0 Å². The normalized spacial score (nSPS) is 25.8. The molecule has 0 N–H and O–H groups in total. The standard InChI is InChI=1S/C17H22O2/c1-3-17(4-2)15(18)13-9-11-7-5-6-8-12(11)10-14(13)16(17)19/h3-10H2,1-2H3. The van der Waals surface area contributed by atoms with Crippen molar-refractivity contribution in [2.24, 2.45) is 5.41 Å². The highest BCUT2D eigenvalue weighted by Gasteiger charge is 2.52. The third-order valence-corrected chi connectivity index (χ3v) is 5.48. The van der Waals surface area contributed by atoms with Crippen molar-refractivity contribution >= 4 is 11.6 Å². The van der Waals surface area contributed by atoms with E-state index in [0.717, 1.165) is 36.8 Å². The van der Waals surface area contributed by atoms with Crippen LogP contribution in [0.15, 0.2) is 22.3 Å². The maximum absolute atomic E-state index is 12.7. The van der Waals surface area contributed by atoms with E-state index in [9.17, 15) is 9.59 Å². The molecule has 0 bridgehead atoms. The number of ketones is 2. The molecule has 0 heterocycles. The minimum atomic E-state index is -0.709. The van der Waals surface area contributed by atoms with Gasteiger partial charge >= 0.3 is 0 Å². The average Bonchev–Trinajstić information content (AvgIpc) is 2.66. The van der Waals surface area contributed by atoms with E-state index >= 15 is 0 Å². The predicted octanol–water partition coefficient (Wildman–Crippen LogP) is 3.91. The van der Waals surface area contributed by atoms with Gasteiger partial charge in [-0.2, -0.15) is 0 Å². The lowest BCUT2D eigenvalue weighted by molar-refractivity contribution is -0.134. The Morgan fingerprint density at radius 2 is 1.26 bits per heavy atom. The molecule has 0 amide bonds. The molecule has 0 fully saturated rings. The summed E-state index contributed by atoms with van der Waals surface area (Å²) in [5.41, 5.74) is 3.96. The maximum atomic E-state index is 12.7. The zero-order valence-corrected chi connectivity index (χ0v) is 12.0. The molecule has 0 aromatic heterocycles. The summed E-state index contributed by atoms with van der Waals surface area (Å²) in [5.74, 6) is 0.296. The fourth-order valence-corrected chi connectivity index (χ4v) is 4.10. The van der Waals surface area contributed by atoms with Gasteiger partial charge in [-0.25, -0.2) is 0 Å². The van der Waals surface area contributed by atoms with Crippen molar-refractivity contribution in [2.75, 3.05) is 0 Å². The Kier molecular flexibility index (Phi) is 2.99. The largest absolute Gasteiger partial charge is 0.293 e. The van der Waals surface area contributed by atoms with E-state index in [1.165, 1.54) is 24.0 Å². The zero-order chi connectivity index (χ0) is 13.6. The van der Waals surface area contributed by atoms with Crippen molar-refractivity contribution in [2.45, 2.75) is 65.2 Å². The minimum Gasteiger partial charge on any atom is -0.293 e. The van der Waals surface area contributed by atoms with Gasteiger partial charge in [0.2, 0.25) is 0 Å². The van der Waals surface area contributed by atoms with Crippen LogP contribution in [0, 0.1) is 5.41 Å². The molecule has 0 unspecified atom stereocenters. The zero-order valence-electron chi connectivity index (χ0n) is 12.0. The molecule has 3 rings (SSSR count). The summed E-state index contributed by atoms with van der Waals surface area (Å²) >= 11 is 0. The van der Waals surface area contributed by atoms with Gasteiger partial charge in [-0.15, -0.1) is 0 Å². The van der Waals surface area contributed by atoms with E-state index in [1.807, 2.05) is 13.8 Å². The molecule has 3 aliphatic rings. The molecule has 0 atom stereocenters. The van der Waals surface area contributed by atoms with Crippen molar-refractivity contribution in [3.63, 3.8) is 0 Å². The molecule has 0 radical (unpaired) electrons. The lowest BCUT2D eigenvalue weighted by Gasteiger charge is -2.25. The van der Waals surface area contributed by atoms with Crippen LogP contribution in [-0.2, 0) is 9.59 Å². The summed E-state index contributed by atoms with van der Waals surface area (Å²) in [6, 6.07) is 0. The van der Waals surface area contributed by atoms with E-state index in [-0.39, 0.29) is 11.6 Å². The number of Topliss-reactive ketones (excluding diaryl/α,β-unsaturated/α-hetero) is 2. The van der Waals surface area contributed by atoms with Crippen molar-refractivity contribution < 1.29 is 9.59 Å². The fourth-order valence-electron chi connectivity index (χ4n) is 4.10. The van der Waals surface area contributed by atoms with Crippen LogP contribution in [0.3, 0.4) is 0 Å². The first-order valence-corrected chi connectivity index (χ1v) is 7.65. The molecule has 0 aromatic rings. The SMILES string of the molecule is CCC1(CC)C(=O)C2=C(CC3=C(CCCC3)C2)C1=O. The van der Waals surface area contributed by atoms with E-state index in [0.29, 0.717) is 12.8 Å². The van der Waals surface area contributed by atoms with Crippen molar-refractivity contribution in [1.29, 1.82) is 0 Å². The second-order valence-electron chi connectivity index (χ2n) is 6.17. The molecular weight excluding hydrogens is 236 g/mol. The second kappa shape index (κ2) is 4.43. The molecule has 0 saturated heterocycles.